The number of aromatic nitrogens is 2. The average Bonchev–Trinajstić information content (AvgIpc) is 3.18. The first-order valence-corrected chi connectivity index (χ1v) is 8.68. The number of rotatable bonds is 5. The van der Waals surface area contributed by atoms with Gasteiger partial charge >= 0.3 is 0 Å². The molecule has 0 aliphatic carbocycles. The van der Waals surface area contributed by atoms with Gasteiger partial charge in [0.25, 0.3) is 5.91 Å². The van der Waals surface area contributed by atoms with Crippen molar-refractivity contribution in [3.05, 3.63) is 47.9 Å². The minimum Gasteiger partial charge on any atom is -0.493 e. The molecule has 4 rings (SSSR count). The van der Waals surface area contributed by atoms with Gasteiger partial charge in [-0.2, -0.15) is 4.98 Å². The van der Waals surface area contributed by atoms with Crippen LogP contribution in [0.25, 0.3) is 11.4 Å². The molecule has 0 fully saturated rings. The number of benzene rings is 2. The Labute approximate surface area is 161 Å². The quantitative estimate of drug-likeness (QED) is 0.671. The summed E-state index contributed by atoms with van der Waals surface area (Å²) in [5.74, 6) is 2.40. The van der Waals surface area contributed by atoms with E-state index in [-0.39, 0.29) is 19.1 Å². The molecule has 0 saturated carbocycles. The first kappa shape index (κ1) is 17.8. The van der Waals surface area contributed by atoms with Crippen LogP contribution in [0.5, 0.6) is 17.2 Å². The maximum Gasteiger partial charge on any atom is 0.265 e. The third-order valence-electron chi connectivity index (χ3n) is 4.46. The van der Waals surface area contributed by atoms with Gasteiger partial charge in [0.2, 0.25) is 11.7 Å². The summed E-state index contributed by atoms with van der Waals surface area (Å²) < 4.78 is 21.4. The molecule has 1 aromatic heterocycles. The van der Waals surface area contributed by atoms with E-state index in [0.29, 0.717) is 34.7 Å². The summed E-state index contributed by atoms with van der Waals surface area (Å²) in [5, 5.41) is 4.03. The number of amides is 1. The van der Waals surface area contributed by atoms with Crippen molar-refractivity contribution in [3.8, 4) is 28.6 Å². The monoisotopic (exact) mass is 381 g/mol. The molecule has 0 spiro atoms. The molecule has 0 radical (unpaired) electrons. The lowest BCUT2D eigenvalue weighted by atomic mass is 10.1. The minimum absolute atomic E-state index is 0.0211. The molecule has 0 saturated heterocycles. The molecule has 0 atom stereocenters. The van der Waals surface area contributed by atoms with Crippen LogP contribution in [-0.4, -0.2) is 36.9 Å². The van der Waals surface area contributed by atoms with Gasteiger partial charge < -0.3 is 18.7 Å². The summed E-state index contributed by atoms with van der Waals surface area (Å²) in [6.07, 6.45) is 0. The zero-order chi connectivity index (χ0) is 19.7. The minimum atomic E-state index is -0.163. The molecule has 2 heterocycles. The second-order valence-electron chi connectivity index (χ2n) is 6.32. The normalized spacial score (nSPS) is 13.1. The van der Waals surface area contributed by atoms with Crippen LogP contribution >= 0.6 is 0 Å². The highest BCUT2D eigenvalue weighted by Gasteiger charge is 2.27. The number of hydrogen-bond donors (Lipinski definition) is 0. The van der Waals surface area contributed by atoms with E-state index >= 15 is 0 Å². The number of aryl methyl sites for hydroxylation is 1. The van der Waals surface area contributed by atoms with Gasteiger partial charge in [0, 0.05) is 5.56 Å². The zero-order valence-electron chi connectivity index (χ0n) is 15.8. The standard InChI is InChI=1S/C20H19N3O5/c1-12-4-6-15-14(8-12)23(19(24)11-27-15)10-18-21-20(22-28-18)13-5-7-16(25-2)17(9-13)26-3/h4-9H,10-11H2,1-3H3. The lowest BCUT2D eigenvalue weighted by Gasteiger charge is -2.28. The van der Waals surface area contributed by atoms with Gasteiger partial charge in [-0.1, -0.05) is 11.2 Å². The molecule has 8 nitrogen and oxygen atoms in total. The second kappa shape index (κ2) is 7.22. The average molecular weight is 381 g/mol. The molecule has 1 aliphatic heterocycles. The molecular formula is C20H19N3O5. The maximum absolute atomic E-state index is 12.4. The summed E-state index contributed by atoms with van der Waals surface area (Å²) >= 11 is 0. The molecule has 3 aromatic rings. The van der Waals surface area contributed by atoms with Crippen molar-refractivity contribution in [2.24, 2.45) is 0 Å². The molecule has 2 aromatic carbocycles. The first-order chi connectivity index (χ1) is 13.6. The highest BCUT2D eigenvalue weighted by molar-refractivity contribution is 5.97. The summed E-state index contributed by atoms with van der Waals surface area (Å²) in [6, 6.07) is 11.1. The Balaban J connectivity index is 1.61. The van der Waals surface area contributed by atoms with E-state index in [4.69, 9.17) is 18.7 Å². The van der Waals surface area contributed by atoms with Gasteiger partial charge in [-0.05, 0) is 42.8 Å². The SMILES string of the molecule is COc1ccc(-c2noc(CN3C(=O)COc4ccc(C)cc43)n2)cc1OC. The van der Waals surface area contributed by atoms with E-state index in [1.807, 2.05) is 31.2 Å². The van der Waals surface area contributed by atoms with Crippen molar-refractivity contribution in [2.45, 2.75) is 13.5 Å². The molecule has 8 heteroatoms. The van der Waals surface area contributed by atoms with Gasteiger partial charge in [-0.15, -0.1) is 0 Å². The van der Waals surface area contributed by atoms with Crippen molar-refractivity contribution in [1.29, 1.82) is 0 Å². The van der Waals surface area contributed by atoms with Crippen molar-refractivity contribution in [1.82, 2.24) is 10.1 Å². The summed E-state index contributed by atoms with van der Waals surface area (Å²) in [5.41, 5.74) is 2.44. The molecule has 0 unspecified atom stereocenters. The third kappa shape index (κ3) is 3.24. The van der Waals surface area contributed by atoms with Gasteiger partial charge in [0.15, 0.2) is 18.1 Å². The Morgan fingerprint density at radius 2 is 1.93 bits per heavy atom. The topological polar surface area (TPSA) is 86.9 Å². The van der Waals surface area contributed by atoms with Crippen molar-refractivity contribution >= 4 is 11.6 Å². The van der Waals surface area contributed by atoms with E-state index in [2.05, 4.69) is 10.1 Å². The molecule has 28 heavy (non-hydrogen) atoms. The van der Waals surface area contributed by atoms with Crippen LogP contribution in [-0.2, 0) is 11.3 Å². The fourth-order valence-corrected chi connectivity index (χ4v) is 3.03. The Bertz CT molecular complexity index is 1030. The van der Waals surface area contributed by atoms with Crippen LogP contribution < -0.4 is 19.1 Å². The number of methoxy groups -OCH3 is 2. The smallest absolute Gasteiger partial charge is 0.265 e. The second-order valence-corrected chi connectivity index (χ2v) is 6.32. The Kier molecular flexibility index (Phi) is 4.60. The number of anilines is 1. The van der Waals surface area contributed by atoms with Gasteiger partial charge in [0.05, 0.1) is 19.9 Å². The van der Waals surface area contributed by atoms with Crippen LogP contribution in [0.4, 0.5) is 5.69 Å². The summed E-state index contributed by atoms with van der Waals surface area (Å²) in [7, 11) is 3.13. The first-order valence-electron chi connectivity index (χ1n) is 8.68. The van der Waals surface area contributed by atoms with Crippen LogP contribution in [0.1, 0.15) is 11.5 Å². The van der Waals surface area contributed by atoms with E-state index in [0.717, 1.165) is 11.1 Å². The van der Waals surface area contributed by atoms with E-state index in [1.165, 1.54) is 0 Å². The van der Waals surface area contributed by atoms with Crippen LogP contribution in [0, 0.1) is 6.92 Å². The van der Waals surface area contributed by atoms with Gasteiger partial charge in [-0.25, -0.2) is 0 Å². The fourth-order valence-electron chi connectivity index (χ4n) is 3.03. The maximum atomic E-state index is 12.4. The largest absolute Gasteiger partial charge is 0.493 e. The van der Waals surface area contributed by atoms with Gasteiger partial charge in [0.1, 0.15) is 12.3 Å². The van der Waals surface area contributed by atoms with E-state index in [1.54, 1.807) is 31.3 Å². The summed E-state index contributed by atoms with van der Waals surface area (Å²) in [4.78, 5) is 18.4. The number of fused-ring (bicyclic) bond motifs is 1. The fraction of sp³-hybridized carbons (Fsp3) is 0.250. The predicted molar refractivity (Wildman–Crippen MR) is 101 cm³/mol. The Hall–Kier alpha value is -3.55. The van der Waals surface area contributed by atoms with Crippen molar-refractivity contribution in [2.75, 3.05) is 25.7 Å². The number of carbonyl (C=O) groups is 1. The van der Waals surface area contributed by atoms with Crippen molar-refractivity contribution in [3.63, 3.8) is 0 Å². The highest BCUT2D eigenvalue weighted by Crippen LogP contribution is 2.34. The summed E-state index contributed by atoms with van der Waals surface area (Å²) in [6.45, 7) is 2.10. The Morgan fingerprint density at radius 1 is 1.11 bits per heavy atom. The van der Waals surface area contributed by atoms with Crippen molar-refractivity contribution < 1.29 is 23.5 Å². The number of carbonyl (C=O) groups excluding carboxylic acids is 1. The molecule has 0 N–H and O–H groups in total. The van der Waals surface area contributed by atoms with Crippen LogP contribution in [0.3, 0.4) is 0 Å². The number of hydrogen-bond acceptors (Lipinski definition) is 7. The molecule has 144 valence electrons. The number of nitrogens with zero attached hydrogens (tertiary/aromatic N) is 3. The molecular weight excluding hydrogens is 362 g/mol. The highest BCUT2D eigenvalue weighted by atomic mass is 16.5. The molecule has 0 bridgehead atoms. The zero-order valence-corrected chi connectivity index (χ0v) is 15.8. The molecule has 1 aliphatic rings. The number of ether oxygens (including phenoxy) is 3. The lowest BCUT2D eigenvalue weighted by Crippen LogP contribution is -2.38. The Morgan fingerprint density at radius 3 is 2.71 bits per heavy atom. The van der Waals surface area contributed by atoms with Crippen LogP contribution in [0.2, 0.25) is 0 Å². The van der Waals surface area contributed by atoms with E-state index < -0.39 is 0 Å². The molecule has 1 amide bonds. The van der Waals surface area contributed by atoms with Gasteiger partial charge in [-0.3, -0.25) is 9.69 Å². The third-order valence-corrected chi connectivity index (χ3v) is 4.46. The predicted octanol–water partition coefficient (Wildman–Crippen LogP) is 2.99. The van der Waals surface area contributed by atoms with E-state index in [9.17, 15) is 4.79 Å². The van der Waals surface area contributed by atoms with Crippen LogP contribution in [0.15, 0.2) is 40.9 Å². The lowest BCUT2D eigenvalue weighted by molar-refractivity contribution is -0.121.